The Labute approximate surface area is 114 Å². The van der Waals surface area contributed by atoms with Crippen LogP contribution in [0, 0.1) is 0 Å². The molecule has 0 fully saturated rings. The van der Waals surface area contributed by atoms with Crippen molar-refractivity contribution in [1.29, 1.82) is 0 Å². The molecule has 0 saturated carbocycles. The second kappa shape index (κ2) is 4.35. The first-order chi connectivity index (χ1) is 8.59. The van der Waals surface area contributed by atoms with Crippen molar-refractivity contribution in [3.8, 4) is 0 Å². The average Bonchev–Trinajstić information content (AvgIpc) is 2.66. The van der Waals surface area contributed by atoms with Crippen molar-refractivity contribution >= 4 is 33.2 Å². The fourth-order valence-corrected chi connectivity index (χ4v) is 4.30. The molecule has 3 rings (SSSR count). The molecular weight excluding hydrogens is 268 g/mol. The number of aromatic nitrogens is 2. The molecule has 0 N–H and O–H groups in total. The van der Waals surface area contributed by atoms with Gasteiger partial charge in [0, 0.05) is 10.9 Å². The van der Waals surface area contributed by atoms with Crippen molar-refractivity contribution in [3.63, 3.8) is 0 Å². The van der Waals surface area contributed by atoms with Gasteiger partial charge in [0.05, 0.1) is 5.39 Å². The number of hydrogen-bond acceptors (Lipinski definition) is 3. The van der Waals surface area contributed by atoms with Crippen molar-refractivity contribution in [1.82, 2.24) is 9.55 Å². The minimum absolute atomic E-state index is 0.0272. The molecule has 0 unspecified atom stereocenters. The summed E-state index contributed by atoms with van der Waals surface area (Å²) < 4.78 is 1.59. The predicted octanol–water partition coefficient (Wildman–Crippen LogP) is 3.57. The SMILES string of the molecule is CC(C)n1c(Cl)nc2sc3c(c2c1=O)CCCC3. The normalized spacial score (nSPS) is 15.3. The summed E-state index contributed by atoms with van der Waals surface area (Å²) >= 11 is 7.77. The van der Waals surface area contributed by atoms with Gasteiger partial charge in [-0.2, -0.15) is 0 Å². The van der Waals surface area contributed by atoms with Crippen LogP contribution in [-0.2, 0) is 12.8 Å². The van der Waals surface area contributed by atoms with Crippen molar-refractivity contribution in [2.45, 2.75) is 45.6 Å². The third-order valence-corrected chi connectivity index (χ3v) is 4.95. The fraction of sp³-hybridized carbons (Fsp3) is 0.538. The molecule has 1 aliphatic carbocycles. The zero-order valence-electron chi connectivity index (χ0n) is 10.5. The summed E-state index contributed by atoms with van der Waals surface area (Å²) in [6.45, 7) is 3.92. The third-order valence-electron chi connectivity index (χ3n) is 3.49. The second-order valence-corrected chi connectivity index (χ2v) is 6.46. The summed E-state index contributed by atoms with van der Waals surface area (Å²) in [5.74, 6) is 0. The highest BCUT2D eigenvalue weighted by molar-refractivity contribution is 7.18. The molecule has 2 aromatic heterocycles. The Hall–Kier alpha value is -0.870. The van der Waals surface area contributed by atoms with Gasteiger partial charge in [0.1, 0.15) is 4.83 Å². The van der Waals surface area contributed by atoms with Gasteiger partial charge >= 0.3 is 0 Å². The molecule has 0 bridgehead atoms. The van der Waals surface area contributed by atoms with Crippen LogP contribution in [0.15, 0.2) is 4.79 Å². The maximum Gasteiger partial charge on any atom is 0.263 e. The van der Waals surface area contributed by atoms with Gasteiger partial charge in [-0.15, -0.1) is 11.3 Å². The Morgan fingerprint density at radius 2 is 2.06 bits per heavy atom. The van der Waals surface area contributed by atoms with Gasteiger partial charge in [0.25, 0.3) is 5.56 Å². The molecule has 96 valence electrons. The summed E-state index contributed by atoms with van der Waals surface area (Å²) in [5.41, 5.74) is 1.25. The summed E-state index contributed by atoms with van der Waals surface area (Å²) in [5, 5.41) is 1.12. The van der Waals surface area contributed by atoms with Crippen LogP contribution in [0.4, 0.5) is 0 Å². The first-order valence-electron chi connectivity index (χ1n) is 6.32. The van der Waals surface area contributed by atoms with Crippen LogP contribution in [0.2, 0.25) is 5.28 Å². The Kier molecular flexibility index (Phi) is 2.94. The lowest BCUT2D eigenvalue weighted by Gasteiger charge is -2.13. The van der Waals surface area contributed by atoms with E-state index in [0.29, 0.717) is 5.28 Å². The van der Waals surface area contributed by atoms with E-state index in [1.807, 2.05) is 13.8 Å². The number of nitrogens with zero attached hydrogens (tertiary/aromatic N) is 2. The van der Waals surface area contributed by atoms with E-state index in [9.17, 15) is 4.79 Å². The first-order valence-corrected chi connectivity index (χ1v) is 7.51. The number of halogens is 1. The molecule has 1 aliphatic rings. The summed E-state index contributed by atoms with van der Waals surface area (Å²) in [6.07, 6.45) is 4.47. The van der Waals surface area contributed by atoms with E-state index in [1.54, 1.807) is 15.9 Å². The standard InChI is InChI=1S/C13H15ClN2OS/c1-7(2)16-12(17)10-8-5-3-4-6-9(8)18-11(10)15-13(16)14/h7H,3-6H2,1-2H3. The van der Waals surface area contributed by atoms with E-state index in [4.69, 9.17) is 11.6 Å². The predicted molar refractivity (Wildman–Crippen MR) is 75.9 cm³/mol. The molecule has 0 atom stereocenters. The second-order valence-electron chi connectivity index (χ2n) is 5.04. The van der Waals surface area contributed by atoms with E-state index < -0.39 is 0 Å². The molecule has 2 heterocycles. The highest BCUT2D eigenvalue weighted by Gasteiger charge is 2.22. The lowest BCUT2D eigenvalue weighted by atomic mass is 9.97. The maximum absolute atomic E-state index is 12.6. The van der Waals surface area contributed by atoms with E-state index in [2.05, 4.69) is 4.98 Å². The largest absolute Gasteiger partial charge is 0.280 e. The van der Waals surface area contributed by atoms with E-state index >= 15 is 0 Å². The van der Waals surface area contributed by atoms with Gasteiger partial charge in [-0.3, -0.25) is 9.36 Å². The molecule has 0 amide bonds. The number of hydrogen-bond donors (Lipinski definition) is 0. The maximum atomic E-state index is 12.6. The monoisotopic (exact) mass is 282 g/mol. The van der Waals surface area contributed by atoms with Gasteiger partial charge in [0.2, 0.25) is 5.28 Å². The lowest BCUT2D eigenvalue weighted by molar-refractivity contribution is 0.574. The van der Waals surface area contributed by atoms with Crippen molar-refractivity contribution in [3.05, 3.63) is 26.1 Å². The van der Waals surface area contributed by atoms with Crippen LogP contribution in [0.3, 0.4) is 0 Å². The highest BCUT2D eigenvalue weighted by Crippen LogP contribution is 2.34. The van der Waals surface area contributed by atoms with Gasteiger partial charge in [-0.1, -0.05) is 0 Å². The third kappa shape index (κ3) is 1.70. The number of thiophene rings is 1. The summed E-state index contributed by atoms with van der Waals surface area (Å²) in [4.78, 5) is 19.1. The van der Waals surface area contributed by atoms with Crippen LogP contribution in [-0.4, -0.2) is 9.55 Å². The molecule has 2 aromatic rings. The van der Waals surface area contributed by atoms with Crippen LogP contribution >= 0.6 is 22.9 Å². The minimum atomic E-state index is 0.0272. The van der Waals surface area contributed by atoms with Crippen LogP contribution in [0.25, 0.3) is 10.2 Å². The molecule has 3 nitrogen and oxygen atoms in total. The first kappa shape index (κ1) is 12.2. The Morgan fingerprint density at radius 3 is 2.78 bits per heavy atom. The Morgan fingerprint density at radius 1 is 1.33 bits per heavy atom. The number of aryl methyl sites for hydroxylation is 2. The van der Waals surface area contributed by atoms with E-state index in [-0.39, 0.29) is 11.6 Å². The van der Waals surface area contributed by atoms with Gasteiger partial charge < -0.3 is 0 Å². The summed E-state index contributed by atoms with van der Waals surface area (Å²) in [6, 6.07) is 0.0426. The quantitative estimate of drug-likeness (QED) is 0.750. The molecule has 0 saturated heterocycles. The Bertz CT molecular complexity index is 672. The summed E-state index contributed by atoms with van der Waals surface area (Å²) in [7, 11) is 0. The topological polar surface area (TPSA) is 34.9 Å². The Balaban J connectivity index is 2.39. The highest BCUT2D eigenvalue weighted by atomic mass is 35.5. The number of fused-ring (bicyclic) bond motifs is 3. The molecular formula is C13H15ClN2OS. The molecule has 0 spiro atoms. The molecule has 0 aromatic carbocycles. The molecule has 0 radical (unpaired) electrons. The van der Waals surface area contributed by atoms with Crippen LogP contribution in [0.5, 0.6) is 0 Å². The molecule has 0 aliphatic heterocycles. The smallest absolute Gasteiger partial charge is 0.263 e. The molecule has 18 heavy (non-hydrogen) atoms. The zero-order valence-corrected chi connectivity index (χ0v) is 12.1. The minimum Gasteiger partial charge on any atom is -0.280 e. The van der Waals surface area contributed by atoms with Crippen LogP contribution in [0.1, 0.15) is 43.2 Å². The fourth-order valence-electron chi connectivity index (χ4n) is 2.64. The van der Waals surface area contributed by atoms with Gasteiger partial charge in [-0.05, 0) is 56.7 Å². The van der Waals surface area contributed by atoms with Crippen molar-refractivity contribution in [2.24, 2.45) is 0 Å². The van der Waals surface area contributed by atoms with Gasteiger partial charge in [-0.25, -0.2) is 4.98 Å². The zero-order chi connectivity index (χ0) is 12.9. The van der Waals surface area contributed by atoms with Crippen LogP contribution < -0.4 is 5.56 Å². The van der Waals surface area contributed by atoms with Crippen molar-refractivity contribution in [2.75, 3.05) is 0 Å². The van der Waals surface area contributed by atoms with E-state index in [0.717, 1.165) is 23.1 Å². The average molecular weight is 283 g/mol. The lowest BCUT2D eigenvalue weighted by Crippen LogP contribution is -2.24. The van der Waals surface area contributed by atoms with E-state index in [1.165, 1.54) is 23.3 Å². The number of rotatable bonds is 1. The van der Waals surface area contributed by atoms with Crippen molar-refractivity contribution < 1.29 is 0 Å². The molecule has 5 heteroatoms. The van der Waals surface area contributed by atoms with Gasteiger partial charge in [0.15, 0.2) is 0 Å².